The molecule has 2 heterocycles. The minimum absolute atomic E-state index is 0.0584. The van der Waals surface area contributed by atoms with Crippen LogP contribution in [0.25, 0.3) is 0 Å². The van der Waals surface area contributed by atoms with Crippen LogP contribution in [0.15, 0.2) is 18.2 Å². The Bertz CT molecular complexity index is 827. The molecule has 0 radical (unpaired) electrons. The van der Waals surface area contributed by atoms with Crippen molar-refractivity contribution in [3.05, 3.63) is 34.9 Å². The van der Waals surface area contributed by atoms with E-state index in [1.54, 1.807) is 4.90 Å². The van der Waals surface area contributed by atoms with E-state index in [1.807, 2.05) is 0 Å². The SMILES string of the molecule is Cc1cc(C)cc(CN2CCN(C(=O)C3(N)CC3)C3CS(=O)(=O)CC32)c1. The zero-order valence-corrected chi connectivity index (χ0v) is 16.3. The normalized spacial score (nSPS) is 29.4. The zero-order valence-electron chi connectivity index (χ0n) is 15.4. The van der Waals surface area contributed by atoms with Crippen LogP contribution >= 0.6 is 0 Å². The fourth-order valence-electron chi connectivity index (χ4n) is 4.50. The van der Waals surface area contributed by atoms with E-state index >= 15 is 0 Å². The Labute approximate surface area is 155 Å². The van der Waals surface area contributed by atoms with Crippen LogP contribution in [-0.2, 0) is 21.2 Å². The van der Waals surface area contributed by atoms with Gasteiger partial charge in [-0.25, -0.2) is 8.42 Å². The van der Waals surface area contributed by atoms with Gasteiger partial charge in [0.05, 0.1) is 23.1 Å². The average molecular weight is 378 g/mol. The quantitative estimate of drug-likeness (QED) is 0.834. The number of benzene rings is 1. The molecule has 26 heavy (non-hydrogen) atoms. The van der Waals surface area contributed by atoms with Crippen molar-refractivity contribution >= 4 is 15.7 Å². The van der Waals surface area contributed by atoms with Crippen molar-refractivity contribution in [2.75, 3.05) is 24.6 Å². The highest BCUT2D eigenvalue weighted by Crippen LogP contribution is 2.37. The summed E-state index contributed by atoms with van der Waals surface area (Å²) in [5.41, 5.74) is 8.98. The van der Waals surface area contributed by atoms with Crippen molar-refractivity contribution in [3.8, 4) is 0 Å². The molecule has 1 amide bonds. The first-order chi connectivity index (χ1) is 12.2. The molecule has 142 valence electrons. The lowest BCUT2D eigenvalue weighted by atomic mass is 10.0. The second kappa shape index (κ2) is 6.04. The first-order valence-electron chi connectivity index (χ1n) is 9.28. The Balaban J connectivity index is 1.58. The van der Waals surface area contributed by atoms with Crippen LogP contribution in [0.1, 0.15) is 29.5 Å². The van der Waals surface area contributed by atoms with Gasteiger partial charge in [0.15, 0.2) is 9.84 Å². The van der Waals surface area contributed by atoms with Gasteiger partial charge < -0.3 is 10.6 Å². The minimum atomic E-state index is -3.14. The highest BCUT2D eigenvalue weighted by Gasteiger charge is 2.54. The number of aryl methyl sites for hydroxylation is 2. The molecule has 0 aromatic heterocycles. The van der Waals surface area contributed by atoms with Gasteiger partial charge in [-0.3, -0.25) is 9.69 Å². The molecule has 3 fully saturated rings. The van der Waals surface area contributed by atoms with E-state index in [4.69, 9.17) is 5.73 Å². The molecule has 1 aromatic carbocycles. The molecule has 2 unspecified atom stereocenters. The lowest BCUT2D eigenvalue weighted by Crippen LogP contribution is -2.63. The number of carbonyl (C=O) groups excluding carboxylic acids is 1. The Morgan fingerprint density at radius 3 is 2.35 bits per heavy atom. The van der Waals surface area contributed by atoms with Gasteiger partial charge in [-0.1, -0.05) is 29.3 Å². The molecule has 1 saturated carbocycles. The van der Waals surface area contributed by atoms with Crippen molar-refractivity contribution in [1.29, 1.82) is 0 Å². The third kappa shape index (κ3) is 3.28. The third-order valence-electron chi connectivity index (χ3n) is 5.93. The van der Waals surface area contributed by atoms with Gasteiger partial charge in [-0.15, -0.1) is 0 Å². The molecule has 6 nitrogen and oxygen atoms in total. The first kappa shape index (κ1) is 17.9. The average Bonchev–Trinajstić information content (AvgIpc) is 3.18. The van der Waals surface area contributed by atoms with Crippen LogP contribution in [0.5, 0.6) is 0 Å². The number of nitrogens with two attached hydrogens (primary N) is 1. The Morgan fingerprint density at radius 1 is 1.12 bits per heavy atom. The molecular weight excluding hydrogens is 350 g/mol. The van der Waals surface area contributed by atoms with Crippen LogP contribution in [0.4, 0.5) is 0 Å². The standard InChI is InChI=1S/C19H27N3O3S/c1-13-7-14(2)9-15(8-13)10-21-5-6-22(18(23)19(20)3-4-19)17-12-26(24,25)11-16(17)21/h7-9,16-17H,3-6,10-12,20H2,1-2H3. The van der Waals surface area contributed by atoms with E-state index in [0.29, 0.717) is 25.9 Å². The fourth-order valence-corrected chi connectivity index (χ4v) is 6.51. The molecular formula is C19H27N3O3S. The summed E-state index contributed by atoms with van der Waals surface area (Å²) in [4.78, 5) is 16.8. The fraction of sp³-hybridized carbons (Fsp3) is 0.632. The molecule has 7 heteroatoms. The summed E-state index contributed by atoms with van der Waals surface area (Å²) in [6.07, 6.45) is 1.41. The molecule has 2 aliphatic heterocycles. The van der Waals surface area contributed by atoms with Crippen LogP contribution in [-0.4, -0.2) is 66.3 Å². The van der Waals surface area contributed by atoms with Crippen LogP contribution in [0.3, 0.4) is 0 Å². The molecule has 0 bridgehead atoms. The van der Waals surface area contributed by atoms with Crippen LogP contribution in [0.2, 0.25) is 0 Å². The number of fused-ring (bicyclic) bond motifs is 1. The van der Waals surface area contributed by atoms with Gasteiger partial charge in [-0.05, 0) is 32.3 Å². The highest BCUT2D eigenvalue weighted by molar-refractivity contribution is 7.91. The summed E-state index contributed by atoms with van der Waals surface area (Å²) in [6.45, 7) is 6.11. The summed E-state index contributed by atoms with van der Waals surface area (Å²) >= 11 is 0. The molecule has 1 aromatic rings. The highest BCUT2D eigenvalue weighted by atomic mass is 32.2. The molecule has 2 saturated heterocycles. The molecule has 2 N–H and O–H groups in total. The number of nitrogens with zero attached hydrogens (tertiary/aromatic N) is 2. The van der Waals surface area contributed by atoms with Crippen molar-refractivity contribution in [3.63, 3.8) is 0 Å². The molecule has 2 atom stereocenters. The number of sulfone groups is 1. The first-order valence-corrected chi connectivity index (χ1v) is 11.1. The monoisotopic (exact) mass is 377 g/mol. The molecule has 4 rings (SSSR count). The van der Waals surface area contributed by atoms with Gasteiger partial charge in [-0.2, -0.15) is 0 Å². The predicted octanol–water partition coefficient (Wildman–Crippen LogP) is 0.605. The van der Waals surface area contributed by atoms with E-state index in [9.17, 15) is 13.2 Å². The van der Waals surface area contributed by atoms with Crippen molar-refractivity contribution in [2.45, 2.75) is 50.9 Å². The van der Waals surface area contributed by atoms with E-state index < -0.39 is 15.4 Å². The zero-order chi connectivity index (χ0) is 18.7. The minimum Gasteiger partial charge on any atom is -0.334 e. The Hall–Kier alpha value is -1.44. The van der Waals surface area contributed by atoms with Crippen molar-refractivity contribution in [1.82, 2.24) is 9.80 Å². The van der Waals surface area contributed by atoms with Crippen molar-refractivity contribution < 1.29 is 13.2 Å². The summed E-state index contributed by atoms with van der Waals surface area (Å²) in [7, 11) is -3.14. The smallest absolute Gasteiger partial charge is 0.243 e. The maximum Gasteiger partial charge on any atom is 0.243 e. The second-order valence-electron chi connectivity index (χ2n) is 8.33. The number of piperazine rings is 1. The van der Waals surface area contributed by atoms with Gasteiger partial charge in [0.1, 0.15) is 0 Å². The number of rotatable bonds is 3. The second-order valence-corrected chi connectivity index (χ2v) is 10.5. The number of carbonyl (C=O) groups is 1. The topological polar surface area (TPSA) is 83.7 Å². The van der Waals surface area contributed by atoms with Gasteiger partial charge in [0.2, 0.25) is 5.91 Å². The summed E-state index contributed by atoms with van der Waals surface area (Å²) in [5.74, 6) is 0.128. The van der Waals surface area contributed by atoms with Gasteiger partial charge in [0, 0.05) is 25.7 Å². The third-order valence-corrected chi connectivity index (χ3v) is 7.63. The van der Waals surface area contributed by atoms with Gasteiger partial charge >= 0.3 is 0 Å². The summed E-state index contributed by atoms with van der Waals surface area (Å²) in [5, 5.41) is 0. The van der Waals surface area contributed by atoms with Crippen LogP contribution in [0, 0.1) is 13.8 Å². The maximum atomic E-state index is 12.8. The molecule has 1 aliphatic carbocycles. The number of amides is 1. The van der Waals surface area contributed by atoms with Gasteiger partial charge in [0.25, 0.3) is 0 Å². The molecule has 0 spiro atoms. The van der Waals surface area contributed by atoms with E-state index in [-0.39, 0.29) is 29.5 Å². The number of hydrogen-bond acceptors (Lipinski definition) is 5. The largest absolute Gasteiger partial charge is 0.334 e. The van der Waals surface area contributed by atoms with Crippen molar-refractivity contribution in [2.24, 2.45) is 5.73 Å². The van der Waals surface area contributed by atoms with E-state index in [1.165, 1.54) is 16.7 Å². The van der Waals surface area contributed by atoms with Crippen LogP contribution < -0.4 is 5.73 Å². The Morgan fingerprint density at radius 2 is 1.73 bits per heavy atom. The lowest BCUT2D eigenvalue weighted by Gasteiger charge is -2.44. The summed E-state index contributed by atoms with van der Waals surface area (Å²) in [6, 6.07) is 6.04. The number of hydrogen-bond donors (Lipinski definition) is 1. The van der Waals surface area contributed by atoms with E-state index in [0.717, 1.165) is 6.54 Å². The lowest BCUT2D eigenvalue weighted by molar-refractivity contribution is -0.139. The maximum absolute atomic E-state index is 12.8. The van der Waals surface area contributed by atoms with E-state index in [2.05, 4.69) is 36.9 Å². The summed E-state index contributed by atoms with van der Waals surface area (Å²) < 4.78 is 24.7. The Kier molecular flexibility index (Phi) is 4.17. The predicted molar refractivity (Wildman–Crippen MR) is 100 cm³/mol. The molecule has 3 aliphatic rings.